The highest BCUT2D eigenvalue weighted by atomic mass is 16.5. The third-order valence-corrected chi connectivity index (χ3v) is 3.85. The summed E-state index contributed by atoms with van der Waals surface area (Å²) in [5, 5.41) is 8.73. The monoisotopic (exact) mass is 272 g/mol. The van der Waals surface area contributed by atoms with E-state index in [9.17, 15) is 0 Å². The molecule has 0 unspecified atom stereocenters. The number of ether oxygens (including phenoxy) is 1. The van der Waals surface area contributed by atoms with Crippen molar-refractivity contribution in [2.45, 2.75) is 33.1 Å². The largest absolute Gasteiger partial charge is 0.494 e. The molecule has 1 saturated heterocycles. The molecule has 1 aromatic rings. The molecular formula is C17H24N2O. The van der Waals surface area contributed by atoms with Crippen molar-refractivity contribution in [1.82, 2.24) is 4.90 Å². The Labute approximate surface area is 122 Å². The van der Waals surface area contributed by atoms with Gasteiger partial charge in [0.25, 0.3) is 0 Å². The van der Waals surface area contributed by atoms with Gasteiger partial charge in [0, 0.05) is 13.1 Å². The average Bonchev–Trinajstić information content (AvgIpc) is 2.43. The van der Waals surface area contributed by atoms with Crippen LogP contribution in [0.2, 0.25) is 0 Å². The molecule has 0 saturated carbocycles. The van der Waals surface area contributed by atoms with Crippen molar-refractivity contribution in [2.24, 2.45) is 5.41 Å². The molecule has 1 aromatic carbocycles. The fraction of sp³-hybridized carbons (Fsp3) is 0.588. The van der Waals surface area contributed by atoms with Crippen LogP contribution in [0.4, 0.5) is 0 Å². The van der Waals surface area contributed by atoms with Crippen molar-refractivity contribution < 1.29 is 4.74 Å². The predicted molar refractivity (Wildman–Crippen MR) is 80.7 cm³/mol. The zero-order valence-corrected chi connectivity index (χ0v) is 12.6. The Hall–Kier alpha value is -1.53. The first-order valence-corrected chi connectivity index (χ1v) is 7.44. The van der Waals surface area contributed by atoms with Crippen LogP contribution in [0.15, 0.2) is 24.3 Å². The van der Waals surface area contributed by atoms with Gasteiger partial charge in [-0.15, -0.1) is 0 Å². The highest BCUT2D eigenvalue weighted by molar-refractivity contribution is 5.34. The van der Waals surface area contributed by atoms with E-state index in [4.69, 9.17) is 10.00 Å². The van der Waals surface area contributed by atoms with Crippen LogP contribution in [0.5, 0.6) is 5.75 Å². The lowest BCUT2D eigenvalue weighted by Crippen LogP contribution is -2.40. The van der Waals surface area contributed by atoms with Crippen LogP contribution in [0, 0.1) is 16.7 Å². The number of nitriles is 1. The second-order valence-corrected chi connectivity index (χ2v) is 6.38. The lowest BCUT2D eigenvalue weighted by Gasteiger charge is -2.38. The van der Waals surface area contributed by atoms with Gasteiger partial charge in [-0.2, -0.15) is 5.26 Å². The van der Waals surface area contributed by atoms with E-state index in [0.29, 0.717) is 11.0 Å². The summed E-state index contributed by atoms with van der Waals surface area (Å²) in [5.74, 6) is 0.850. The summed E-state index contributed by atoms with van der Waals surface area (Å²) in [4.78, 5) is 2.55. The summed E-state index contributed by atoms with van der Waals surface area (Å²) in [6, 6.07) is 9.43. The third-order valence-electron chi connectivity index (χ3n) is 3.85. The second kappa shape index (κ2) is 6.76. The van der Waals surface area contributed by atoms with Crippen molar-refractivity contribution in [3.05, 3.63) is 29.8 Å². The van der Waals surface area contributed by atoms with Gasteiger partial charge in [-0.3, -0.25) is 0 Å². The lowest BCUT2D eigenvalue weighted by molar-refractivity contribution is 0.111. The van der Waals surface area contributed by atoms with Gasteiger partial charge in [-0.1, -0.05) is 13.8 Å². The van der Waals surface area contributed by atoms with Gasteiger partial charge in [-0.25, -0.2) is 0 Å². The van der Waals surface area contributed by atoms with Gasteiger partial charge in [0.15, 0.2) is 0 Å². The molecular weight excluding hydrogens is 248 g/mol. The van der Waals surface area contributed by atoms with Crippen LogP contribution in [0.1, 0.15) is 38.7 Å². The Morgan fingerprint density at radius 2 is 2.05 bits per heavy atom. The molecule has 0 radical (unpaired) electrons. The van der Waals surface area contributed by atoms with Crippen molar-refractivity contribution in [3.8, 4) is 11.8 Å². The molecule has 1 aliphatic heterocycles. The van der Waals surface area contributed by atoms with Gasteiger partial charge < -0.3 is 9.64 Å². The minimum Gasteiger partial charge on any atom is -0.494 e. The van der Waals surface area contributed by atoms with Crippen molar-refractivity contribution in [2.75, 3.05) is 26.2 Å². The minimum absolute atomic E-state index is 0.465. The molecule has 108 valence electrons. The molecule has 0 aliphatic carbocycles. The van der Waals surface area contributed by atoms with Crippen LogP contribution in [-0.2, 0) is 0 Å². The summed E-state index contributed by atoms with van der Waals surface area (Å²) >= 11 is 0. The number of rotatable bonds is 5. The van der Waals surface area contributed by atoms with Gasteiger partial charge in [0.05, 0.1) is 18.2 Å². The maximum Gasteiger partial charge on any atom is 0.119 e. The summed E-state index contributed by atoms with van der Waals surface area (Å²) in [6.45, 7) is 8.98. The van der Waals surface area contributed by atoms with Crippen molar-refractivity contribution in [1.29, 1.82) is 5.26 Å². The second-order valence-electron chi connectivity index (χ2n) is 6.38. The molecule has 1 fully saturated rings. The van der Waals surface area contributed by atoms with Crippen molar-refractivity contribution >= 4 is 0 Å². The molecule has 3 nitrogen and oxygen atoms in total. The third kappa shape index (κ3) is 4.54. The molecule has 0 amide bonds. The molecule has 3 heteroatoms. The molecule has 20 heavy (non-hydrogen) atoms. The summed E-state index contributed by atoms with van der Waals surface area (Å²) < 4.78 is 5.71. The highest BCUT2D eigenvalue weighted by Crippen LogP contribution is 2.28. The number of benzene rings is 1. The lowest BCUT2D eigenvalue weighted by atomic mass is 9.84. The van der Waals surface area contributed by atoms with Gasteiger partial charge in [0.2, 0.25) is 0 Å². The zero-order chi connectivity index (χ0) is 14.4. The first-order chi connectivity index (χ1) is 9.59. The Morgan fingerprint density at radius 1 is 1.30 bits per heavy atom. The highest BCUT2D eigenvalue weighted by Gasteiger charge is 2.25. The maximum absolute atomic E-state index is 8.73. The summed E-state index contributed by atoms with van der Waals surface area (Å²) in [5.41, 5.74) is 1.14. The topological polar surface area (TPSA) is 36.3 Å². The fourth-order valence-corrected chi connectivity index (χ4v) is 2.84. The van der Waals surface area contributed by atoms with Crippen LogP contribution < -0.4 is 4.74 Å². The molecule has 0 spiro atoms. The Kier molecular flexibility index (Phi) is 5.03. The number of hydrogen-bond donors (Lipinski definition) is 0. The van der Waals surface area contributed by atoms with E-state index in [1.54, 1.807) is 12.1 Å². The van der Waals surface area contributed by atoms with Gasteiger partial charge in [-0.05, 0) is 55.5 Å². The molecule has 0 atom stereocenters. The SMILES string of the molecule is CC1(C)CCCN(CCCOc2ccc(C#N)cc2)C1. The van der Waals surface area contributed by atoms with Crippen molar-refractivity contribution in [3.63, 3.8) is 0 Å². The van der Waals surface area contributed by atoms with Crippen LogP contribution in [0.25, 0.3) is 0 Å². The normalized spacial score (nSPS) is 18.4. The van der Waals surface area contributed by atoms with E-state index >= 15 is 0 Å². The average molecular weight is 272 g/mol. The summed E-state index contributed by atoms with van der Waals surface area (Å²) in [7, 11) is 0. The van der Waals surface area contributed by atoms with E-state index < -0.39 is 0 Å². The number of piperidine rings is 1. The smallest absolute Gasteiger partial charge is 0.119 e. The molecule has 2 rings (SSSR count). The van der Waals surface area contributed by atoms with Gasteiger partial charge >= 0.3 is 0 Å². The van der Waals surface area contributed by atoms with E-state index in [-0.39, 0.29) is 0 Å². The van der Waals surface area contributed by atoms with E-state index in [1.807, 2.05) is 12.1 Å². The first kappa shape index (κ1) is 14.9. The van der Waals surface area contributed by atoms with Crippen LogP contribution in [0.3, 0.4) is 0 Å². The van der Waals surface area contributed by atoms with E-state index in [0.717, 1.165) is 25.3 Å². The predicted octanol–water partition coefficient (Wildman–Crippen LogP) is 3.45. The Balaban J connectivity index is 1.67. The van der Waals surface area contributed by atoms with Gasteiger partial charge in [0.1, 0.15) is 5.75 Å². The van der Waals surface area contributed by atoms with E-state index in [2.05, 4.69) is 24.8 Å². The fourth-order valence-electron chi connectivity index (χ4n) is 2.84. The maximum atomic E-state index is 8.73. The zero-order valence-electron chi connectivity index (χ0n) is 12.6. The summed E-state index contributed by atoms with van der Waals surface area (Å²) in [6.07, 6.45) is 3.70. The first-order valence-electron chi connectivity index (χ1n) is 7.44. The minimum atomic E-state index is 0.465. The molecule has 0 bridgehead atoms. The van der Waals surface area contributed by atoms with Crippen LogP contribution in [-0.4, -0.2) is 31.1 Å². The number of nitrogens with zero attached hydrogens (tertiary/aromatic N) is 2. The Bertz CT molecular complexity index is 459. The molecule has 1 heterocycles. The number of hydrogen-bond acceptors (Lipinski definition) is 3. The van der Waals surface area contributed by atoms with E-state index in [1.165, 1.54) is 25.9 Å². The molecule has 1 aliphatic rings. The molecule has 0 N–H and O–H groups in total. The van der Waals surface area contributed by atoms with Crippen LogP contribution >= 0.6 is 0 Å². The molecule has 0 aromatic heterocycles. The Morgan fingerprint density at radius 3 is 2.70 bits per heavy atom. The standard InChI is InChI=1S/C17H24N2O/c1-17(2)9-3-10-19(14-17)11-4-12-20-16-7-5-15(13-18)6-8-16/h5-8H,3-4,9-12,14H2,1-2H3. The quantitative estimate of drug-likeness (QED) is 0.770. The number of likely N-dealkylation sites (tertiary alicyclic amines) is 1.